The maximum Gasteiger partial charge on any atom is 0.0479 e. The van der Waals surface area contributed by atoms with Crippen LogP contribution in [0.4, 0.5) is 0 Å². The highest BCUT2D eigenvalue weighted by Crippen LogP contribution is 2.23. The second-order valence-corrected chi connectivity index (χ2v) is 3.27. The normalized spacial score (nSPS) is 10.8. The number of nitrogens with zero attached hydrogens (tertiary/aromatic N) is 1. The van der Waals surface area contributed by atoms with Crippen LogP contribution in [-0.4, -0.2) is 4.98 Å². The third kappa shape index (κ3) is 2.28. The minimum absolute atomic E-state index is 0.569. The quantitative estimate of drug-likeness (QED) is 0.769. The van der Waals surface area contributed by atoms with Crippen molar-refractivity contribution in [3.05, 3.63) is 29.6 Å². The molecule has 0 aliphatic carbocycles. The Bertz CT molecular complexity index is 254. The molecule has 1 rings (SSSR count). The lowest BCUT2D eigenvalue weighted by atomic mass is 9.95. The van der Waals surface area contributed by atoms with Crippen LogP contribution in [0.5, 0.6) is 0 Å². The number of rotatable bonds is 4. The number of hydrogen-bond acceptors (Lipinski definition) is 2. The molecule has 0 unspecified atom stereocenters. The van der Waals surface area contributed by atoms with Gasteiger partial charge in [-0.2, -0.15) is 0 Å². The monoisotopic (exact) mass is 178 g/mol. The van der Waals surface area contributed by atoms with Crippen LogP contribution in [0.2, 0.25) is 0 Å². The van der Waals surface area contributed by atoms with Gasteiger partial charge in [-0.05, 0) is 24.5 Å². The van der Waals surface area contributed by atoms with E-state index in [-0.39, 0.29) is 0 Å². The molecule has 1 aromatic rings. The Labute approximate surface area is 80.2 Å². The molecule has 2 N–H and O–H groups in total. The van der Waals surface area contributed by atoms with E-state index in [2.05, 4.69) is 24.9 Å². The highest BCUT2D eigenvalue weighted by Gasteiger charge is 2.11. The van der Waals surface area contributed by atoms with Crippen LogP contribution in [-0.2, 0) is 6.54 Å². The Morgan fingerprint density at radius 3 is 2.62 bits per heavy atom. The van der Waals surface area contributed by atoms with Gasteiger partial charge in [0.2, 0.25) is 0 Å². The molecule has 0 bridgehead atoms. The summed E-state index contributed by atoms with van der Waals surface area (Å²) in [5.41, 5.74) is 8.04. The molecule has 0 atom stereocenters. The van der Waals surface area contributed by atoms with Crippen LogP contribution >= 0.6 is 0 Å². The van der Waals surface area contributed by atoms with Gasteiger partial charge in [0.15, 0.2) is 0 Å². The number of hydrogen-bond donors (Lipinski definition) is 1. The molecule has 0 spiro atoms. The van der Waals surface area contributed by atoms with Gasteiger partial charge in [-0.25, -0.2) is 0 Å². The molecule has 0 aliphatic rings. The average molecular weight is 178 g/mol. The Hall–Kier alpha value is -0.890. The van der Waals surface area contributed by atoms with E-state index in [4.69, 9.17) is 5.73 Å². The molecule has 0 saturated heterocycles. The fraction of sp³-hybridized carbons (Fsp3) is 0.545. The molecule has 0 fully saturated rings. The second kappa shape index (κ2) is 4.97. The lowest BCUT2D eigenvalue weighted by Gasteiger charge is -2.14. The van der Waals surface area contributed by atoms with Crippen LogP contribution in [0.3, 0.4) is 0 Å². The Morgan fingerprint density at radius 1 is 1.38 bits per heavy atom. The third-order valence-corrected chi connectivity index (χ3v) is 2.52. The predicted octanol–water partition coefficient (Wildman–Crippen LogP) is 2.44. The number of pyridine rings is 1. The molecule has 1 heterocycles. The smallest absolute Gasteiger partial charge is 0.0479 e. The maximum absolute atomic E-state index is 5.66. The van der Waals surface area contributed by atoms with Crippen molar-refractivity contribution in [1.29, 1.82) is 0 Å². The van der Waals surface area contributed by atoms with E-state index in [1.54, 1.807) is 0 Å². The van der Waals surface area contributed by atoms with E-state index in [9.17, 15) is 0 Å². The first-order chi connectivity index (χ1) is 6.33. The van der Waals surface area contributed by atoms with Crippen LogP contribution in [0, 0.1) is 0 Å². The van der Waals surface area contributed by atoms with Crippen LogP contribution in [0.25, 0.3) is 0 Å². The first-order valence-electron chi connectivity index (χ1n) is 4.97. The van der Waals surface area contributed by atoms with Gasteiger partial charge in [0, 0.05) is 24.4 Å². The fourth-order valence-electron chi connectivity index (χ4n) is 1.67. The molecular formula is C11H18N2. The van der Waals surface area contributed by atoms with Gasteiger partial charge in [-0.3, -0.25) is 4.98 Å². The van der Waals surface area contributed by atoms with Crippen molar-refractivity contribution >= 4 is 0 Å². The standard InChI is InChI=1S/C11H18N2/c1-3-9(4-2)11-10(8-12)6-5-7-13-11/h5-7,9H,3-4,8,12H2,1-2H3. The summed E-state index contributed by atoms with van der Waals surface area (Å²) in [5.74, 6) is 0.569. The summed E-state index contributed by atoms with van der Waals surface area (Å²) < 4.78 is 0. The van der Waals surface area contributed by atoms with Gasteiger partial charge >= 0.3 is 0 Å². The molecule has 0 aliphatic heterocycles. The van der Waals surface area contributed by atoms with Crippen molar-refractivity contribution in [2.75, 3.05) is 0 Å². The van der Waals surface area contributed by atoms with Gasteiger partial charge in [0.05, 0.1) is 0 Å². The van der Waals surface area contributed by atoms with Gasteiger partial charge in [0.1, 0.15) is 0 Å². The van der Waals surface area contributed by atoms with Crippen molar-refractivity contribution < 1.29 is 0 Å². The van der Waals surface area contributed by atoms with E-state index in [0.717, 1.165) is 12.8 Å². The summed E-state index contributed by atoms with van der Waals surface area (Å²) in [7, 11) is 0. The number of nitrogens with two attached hydrogens (primary N) is 1. The molecule has 2 nitrogen and oxygen atoms in total. The summed E-state index contributed by atoms with van der Waals surface area (Å²) in [6, 6.07) is 4.02. The van der Waals surface area contributed by atoms with Crippen LogP contribution in [0.15, 0.2) is 18.3 Å². The summed E-state index contributed by atoms with van der Waals surface area (Å²) in [6.07, 6.45) is 4.13. The second-order valence-electron chi connectivity index (χ2n) is 3.27. The average Bonchev–Trinajstić information content (AvgIpc) is 2.20. The van der Waals surface area contributed by atoms with Crippen molar-refractivity contribution in [1.82, 2.24) is 4.98 Å². The summed E-state index contributed by atoms with van der Waals surface area (Å²) >= 11 is 0. The van der Waals surface area contributed by atoms with E-state index < -0.39 is 0 Å². The number of aromatic nitrogens is 1. The lowest BCUT2D eigenvalue weighted by molar-refractivity contribution is 0.615. The largest absolute Gasteiger partial charge is 0.326 e. The van der Waals surface area contributed by atoms with Gasteiger partial charge in [-0.1, -0.05) is 19.9 Å². The van der Waals surface area contributed by atoms with Crippen molar-refractivity contribution in [3.8, 4) is 0 Å². The van der Waals surface area contributed by atoms with Gasteiger partial charge in [0.25, 0.3) is 0 Å². The molecule has 2 heteroatoms. The Morgan fingerprint density at radius 2 is 2.08 bits per heavy atom. The zero-order valence-electron chi connectivity index (χ0n) is 8.46. The van der Waals surface area contributed by atoms with Crippen molar-refractivity contribution in [3.63, 3.8) is 0 Å². The van der Waals surface area contributed by atoms with E-state index in [0.29, 0.717) is 12.5 Å². The van der Waals surface area contributed by atoms with E-state index in [1.165, 1.54) is 11.3 Å². The molecule has 72 valence electrons. The first kappa shape index (κ1) is 10.2. The molecule has 13 heavy (non-hydrogen) atoms. The molecule has 0 amide bonds. The molecule has 0 saturated carbocycles. The minimum atomic E-state index is 0.569. The van der Waals surface area contributed by atoms with Gasteiger partial charge in [-0.15, -0.1) is 0 Å². The zero-order valence-corrected chi connectivity index (χ0v) is 8.46. The topological polar surface area (TPSA) is 38.9 Å². The van der Waals surface area contributed by atoms with E-state index >= 15 is 0 Å². The van der Waals surface area contributed by atoms with Crippen LogP contribution < -0.4 is 5.73 Å². The van der Waals surface area contributed by atoms with E-state index in [1.807, 2.05) is 12.3 Å². The zero-order chi connectivity index (χ0) is 9.68. The minimum Gasteiger partial charge on any atom is -0.326 e. The summed E-state index contributed by atoms with van der Waals surface area (Å²) in [5, 5.41) is 0. The Kier molecular flexibility index (Phi) is 3.90. The molecule has 0 aromatic carbocycles. The highest BCUT2D eigenvalue weighted by molar-refractivity contribution is 5.22. The van der Waals surface area contributed by atoms with Gasteiger partial charge < -0.3 is 5.73 Å². The predicted molar refractivity (Wildman–Crippen MR) is 55.5 cm³/mol. The maximum atomic E-state index is 5.66. The summed E-state index contributed by atoms with van der Waals surface area (Å²) in [6.45, 7) is 4.99. The van der Waals surface area contributed by atoms with Crippen LogP contribution in [0.1, 0.15) is 43.9 Å². The summed E-state index contributed by atoms with van der Waals surface area (Å²) in [4.78, 5) is 4.41. The molecule has 0 radical (unpaired) electrons. The molecular weight excluding hydrogens is 160 g/mol. The first-order valence-corrected chi connectivity index (χ1v) is 4.97. The van der Waals surface area contributed by atoms with Crippen molar-refractivity contribution in [2.45, 2.75) is 39.2 Å². The highest BCUT2D eigenvalue weighted by atomic mass is 14.7. The molecule has 1 aromatic heterocycles. The van der Waals surface area contributed by atoms with Crippen molar-refractivity contribution in [2.24, 2.45) is 5.73 Å². The third-order valence-electron chi connectivity index (χ3n) is 2.52. The Balaban J connectivity index is 2.96. The fourth-order valence-corrected chi connectivity index (χ4v) is 1.67. The SMILES string of the molecule is CCC(CC)c1ncccc1CN. The lowest BCUT2D eigenvalue weighted by Crippen LogP contribution is -2.07.